The number of aromatic nitrogens is 2. The molecule has 0 spiro atoms. The summed E-state index contributed by atoms with van der Waals surface area (Å²) in [7, 11) is 3.23. The largest absolute Gasteiger partial charge is 0.495 e. The van der Waals surface area contributed by atoms with Crippen LogP contribution in [0.15, 0.2) is 24.3 Å². The van der Waals surface area contributed by atoms with E-state index in [0.29, 0.717) is 6.01 Å². The van der Waals surface area contributed by atoms with Crippen LogP contribution in [0.3, 0.4) is 0 Å². The van der Waals surface area contributed by atoms with E-state index < -0.39 is 0 Å². The molecule has 3 rings (SSSR count). The third-order valence-electron chi connectivity index (χ3n) is 3.46. The SMILES string of the molecule is COc1nc2c(c(Nc3ccccc3OC)n1)CNCC2. The van der Waals surface area contributed by atoms with Gasteiger partial charge in [0, 0.05) is 25.1 Å². The van der Waals surface area contributed by atoms with E-state index >= 15 is 0 Å². The molecule has 2 N–H and O–H groups in total. The van der Waals surface area contributed by atoms with Gasteiger partial charge in [0.15, 0.2) is 0 Å². The lowest BCUT2D eigenvalue weighted by Gasteiger charge is -2.20. The molecule has 0 aliphatic carbocycles. The minimum Gasteiger partial charge on any atom is -0.495 e. The van der Waals surface area contributed by atoms with Crippen molar-refractivity contribution in [3.05, 3.63) is 35.5 Å². The second kappa shape index (κ2) is 5.97. The van der Waals surface area contributed by atoms with E-state index in [1.165, 1.54) is 0 Å². The molecule has 1 aliphatic heterocycles. The van der Waals surface area contributed by atoms with Crippen molar-refractivity contribution in [3.8, 4) is 11.8 Å². The maximum absolute atomic E-state index is 5.37. The summed E-state index contributed by atoms with van der Waals surface area (Å²) in [5.41, 5.74) is 2.97. The Kier molecular flexibility index (Phi) is 3.87. The topological polar surface area (TPSA) is 68.3 Å². The van der Waals surface area contributed by atoms with Crippen molar-refractivity contribution in [1.29, 1.82) is 0 Å². The van der Waals surface area contributed by atoms with Crippen LogP contribution in [0.5, 0.6) is 11.8 Å². The quantitative estimate of drug-likeness (QED) is 0.894. The maximum atomic E-state index is 5.37. The van der Waals surface area contributed by atoms with Crippen molar-refractivity contribution in [2.45, 2.75) is 13.0 Å². The zero-order valence-corrected chi connectivity index (χ0v) is 12.1. The van der Waals surface area contributed by atoms with Gasteiger partial charge in [0.1, 0.15) is 11.6 Å². The van der Waals surface area contributed by atoms with Crippen molar-refractivity contribution < 1.29 is 9.47 Å². The molecule has 1 aliphatic rings. The van der Waals surface area contributed by atoms with Crippen LogP contribution in [0.25, 0.3) is 0 Å². The van der Waals surface area contributed by atoms with E-state index in [1.54, 1.807) is 14.2 Å². The predicted octanol–water partition coefficient (Wildman–Crippen LogP) is 1.88. The molecule has 0 fully saturated rings. The third-order valence-corrected chi connectivity index (χ3v) is 3.46. The summed E-state index contributed by atoms with van der Waals surface area (Å²) in [6.45, 7) is 1.66. The van der Waals surface area contributed by atoms with Crippen LogP contribution >= 0.6 is 0 Å². The molecule has 21 heavy (non-hydrogen) atoms. The molecule has 0 saturated heterocycles. The van der Waals surface area contributed by atoms with Crippen molar-refractivity contribution in [2.75, 3.05) is 26.1 Å². The van der Waals surface area contributed by atoms with Gasteiger partial charge >= 0.3 is 6.01 Å². The number of hydrogen-bond donors (Lipinski definition) is 2. The van der Waals surface area contributed by atoms with Gasteiger partial charge < -0.3 is 20.1 Å². The van der Waals surface area contributed by atoms with Gasteiger partial charge in [-0.3, -0.25) is 0 Å². The molecule has 2 heterocycles. The number of nitrogens with one attached hydrogen (secondary N) is 2. The van der Waals surface area contributed by atoms with Gasteiger partial charge in [0.25, 0.3) is 0 Å². The van der Waals surface area contributed by atoms with Gasteiger partial charge in [-0.2, -0.15) is 9.97 Å². The summed E-state index contributed by atoms with van der Waals surface area (Å²) in [4.78, 5) is 8.87. The van der Waals surface area contributed by atoms with Crippen molar-refractivity contribution in [3.63, 3.8) is 0 Å². The first-order valence-corrected chi connectivity index (χ1v) is 6.86. The maximum Gasteiger partial charge on any atom is 0.318 e. The van der Waals surface area contributed by atoms with Gasteiger partial charge in [-0.25, -0.2) is 0 Å². The van der Waals surface area contributed by atoms with E-state index in [-0.39, 0.29) is 0 Å². The first-order chi connectivity index (χ1) is 10.3. The Balaban J connectivity index is 2.01. The van der Waals surface area contributed by atoms with E-state index in [0.717, 1.165) is 48.0 Å². The number of para-hydroxylation sites is 2. The first-order valence-electron chi connectivity index (χ1n) is 6.86. The highest BCUT2D eigenvalue weighted by Gasteiger charge is 2.18. The van der Waals surface area contributed by atoms with E-state index in [1.807, 2.05) is 24.3 Å². The Bertz CT molecular complexity index is 646. The minimum absolute atomic E-state index is 0.382. The van der Waals surface area contributed by atoms with Crippen LogP contribution in [-0.4, -0.2) is 30.7 Å². The normalized spacial score (nSPS) is 13.4. The lowest BCUT2D eigenvalue weighted by molar-refractivity contribution is 0.376. The van der Waals surface area contributed by atoms with Gasteiger partial charge in [0.05, 0.1) is 25.6 Å². The molecule has 0 bridgehead atoms. The number of ether oxygens (including phenoxy) is 2. The molecule has 0 atom stereocenters. The molecule has 0 amide bonds. The lowest BCUT2D eigenvalue weighted by atomic mass is 10.1. The number of benzene rings is 1. The number of methoxy groups -OCH3 is 2. The molecule has 110 valence electrons. The second-order valence-electron chi connectivity index (χ2n) is 4.74. The van der Waals surface area contributed by atoms with Crippen LogP contribution in [0.1, 0.15) is 11.3 Å². The summed E-state index contributed by atoms with van der Waals surface area (Å²) in [6, 6.07) is 8.13. The Morgan fingerprint density at radius 1 is 1.14 bits per heavy atom. The second-order valence-corrected chi connectivity index (χ2v) is 4.74. The van der Waals surface area contributed by atoms with Crippen LogP contribution < -0.4 is 20.1 Å². The molecule has 0 radical (unpaired) electrons. The number of nitrogens with zero attached hydrogens (tertiary/aromatic N) is 2. The van der Waals surface area contributed by atoms with E-state index in [4.69, 9.17) is 9.47 Å². The van der Waals surface area contributed by atoms with Crippen LogP contribution in [-0.2, 0) is 13.0 Å². The van der Waals surface area contributed by atoms with Crippen molar-refractivity contribution in [1.82, 2.24) is 15.3 Å². The molecule has 2 aromatic rings. The summed E-state index contributed by atoms with van der Waals surface area (Å²) in [6.07, 6.45) is 0.870. The fourth-order valence-electron chi connectivity index (χ4n) is 2.39. The van der Waals surface area contributed by atoms with Gasteiger partial charge in [-0.1, -0.05) is 12.1 Å². The van der Waals surface area contributed by atoms with Crippen LogP contribution in [0.4, 0.5) is 11.5 Å². The molecule has 6 heteroatoms. The van der Waals surface area contributed by atoms with Crippen molar-refractivity contribution >= 4 is 11.5 Å². The Labute approximate surface area is 123 Å². The van der Waals surface area contributed by atoms with E-state index in [9.17, 15) is 0 Å². The van der Waals surface area contributed by atoms with Crippen molar-refractivity contribution in [2.24, 2.45) is 0 Å². The highest BCUT2D eigenvalue weighted by atomic mass is 16.5. The summed E-state index contributed by atoms with van der Waals surface area (Å²) in [5.74, 6) is 1.53. The third kappa shape index (κ3) is 2.75. The highest BCUT2D eigenvalue weighted by Crippen LogP contribution is 2.30. The van der Waals surface area contributed by atoms with Crippen LogP contribution in [0.2, 0.25) is 0 Å². The molecular formula is C15H18N4O2. The number of hydrogen-bond acceptors (Lipinski definition) is 6. The van der Waals surface area contributed by atoms with Crippen LogP contribution in [0, 0.1) is 0 Å². The molecular weight excluding hydrogens is 268 g/mol. The Morgan fingerprint density at radius 3 is 2.81 bits per heavy atom. The molecule has 1 aromatic carbocycles. The Morgan fingerprint density at radius 2 is 2.00 bits per heavy atom. The minimum atomic E-state index is 0.382. The molecule has 6 nitrogen and oxygen atoms in total. The predicted molar refractivity (Wildman–Crippen MR) is 80.3 cm³/mol. The average molecular weight is 286 g/mol. The molecule has 0 saturated carbocycles. The molecule has 0 unspecified atom stereocenters. The highest BCUT2D eigenvalue weighted by molar-refractivity contribution is 5.66. The zero-order chi connectivity index (χ0) is 14.7. The molecule has 1 aromatic heterocycles. The average Bonchev–Trinajstić information content (AvgIpc) is 2.55. The monoisotopic (exact) mass is 286 g/mol. The smallest absolute Gasteiger partial charge is 0.318 e. The zero-order valence-electron chi connectivity index (χ0n) is 12.1. The number of fused-ring (bicyclic) bond motifs is 1. The fraction of sp³-hybridized carbons (Fsp3) is 0.333. The number of rotatable bonds is 4. The first kappa shape index (κ1) is 13.6. The Hall–Kier alpha value is -2.34. The number of anilines is 2. The summed E-state index contributed by atoms with van der Waals surface area (Å²) < 4.78 is 10.6. The lowest BCUT2D eigenvalue weighted by Crippen LogP contribution is -2.26. The van der Waals surface area contributed by atoms with Gasteiger partial charge in [-0.15, -0.1) is 0 Å². The summed E-state index contributed by atoms with van der Waals surface area (Å²) >= 11 is 0. The van der Waals surface area contributed by atoms with Gasteiger partial charge in [0.2, 0.25) is 0 Å². The standard InChI is InChI=1S/C15H18N4O2/c1-20-13-6-4-3-5-12(13)17-14-10-9-16-8-7-11(10)18-15(19-14)21-2/h3-6,16H,7-9H2,1-2H3,(H,17,18,19). The van der Waals surface area contributed by atoms with E-state index in [2.05, 4.69) is 20.6 Å². The summed E-state index contributed by atoms with van der Waals surface area (Å²) in [5, 5.41) is 6.67. The van der Waals surface area contributed by atoms with Gasteiger partial charge in [-0.05, 0) is 12.1 Å². The fourth-order valence-corrected chi connectivity index (χ4v) is 2.39.